The van der Waals surface area contributed by atoms with Crippen molar-refractivity contribution >= 4 is 40.7 Å². The van der Waals surface area contributed by atoms with Gasteiger partial charge >= 0.3 is 0 Å². The Morgan fingerprint density at radius 1 is 1.11 bits per heavy atom. The molecule has 0 radical (unpaired) electrons. The van der Waals surface area contributed by atoms with E-state index in [0.29, 0.717) is 40.0 Å². The molecule has 0 aliphatic carbocycles. The smallest absolute Gasteiger partial charge is 0.295 e. The molecule has 0 saturated carbocycles. The molecule has 36 heavy (non-hydrogen) atoms. The molecular weight excluding hydrogens is 499 g/mol. The highest BCUT2D eigenvalue weighted by Gasteiger charge is 2.46. The van der Waals surface area contributed by atoms with E-state index in [1.54, 1.807) is 54.9 Å². The average molecular weight is 525 g/mol. The number of nitrogens with zero attached hydrogens (tertiary/aromatic N) is 2. The third-order valence-corrected chi connectivity index (χ3v) is 6.65. The van der Waals surface area contributed by atoms with Gasteiger partial charge in [0.15, 0.2) is 0 Å². The number of ether oxygens (including phenoxy) is 1. The Labute approximate surface area is 220 Å². The predicted octanol–water partition coefficient (Wildman–Crippen LogP) is 6.35. The second kappa shape index (κ2) is 10.7. The van der Waals surface area contributed by atoms with E-state index >= 15 is 0 Å². The summed E-state index contributed by atoms with van der Waals surface area (Å²) in [6.07, 6.45) is 3.26. The van der Waals surface area contributed by atoms with Gasteiger partial charge in [-0.1, -0.05) is 49.2 Å². The number of aliphatic hydroxyl groups is 1. The zero-order valence-electron chi connectivity index (χ0n) is 20.2. The number of benzene rings is 2. The molecule has 6 nitrogen and oxygen atoms in total. The maximum atomic E-state index is 13.3. The molecule has 8 heteroatoms. The molecule has 0 unspecified atom stereocenters. The lowest BCUT2D eigenvalue weighted by Crippen LogP contribution is -2.29. The van der Waals surface area contributed by atoms with Gasteiger partial charge in [-0.25, -0.2) is 0 Å². The molecule has 1 N–H and O–H groups in total. The number of ketones is 1. The van der Waals surface area contributed by atoms with Crippen LogP contribution in [0.5, 0.6) is 5.75 Å². The topological polar surface area (TPSA) is 79.7 Å². The Kier molecular flexibility index (Phi) is 7.67. The van der Waals surface area contributed by atoms with E-state index in [2.05, 4.69) is 18.8 Å². The van der Waals surface area contributed by atoms with Crippen molar-refractivity contribution < 1.29 is 19.4 Å². The lowest BCUT2D eigenvalue weighted by Gasteiger charge is -2.25. The second-order valence-electron chi connectivity index (χ2n) is 9.14. The van der Waals surface area contributed by atoms with Crippen LogP contribution in [0.3, 0.4) is 0 Å². The van der Waals surface area contributed by atoms with Gasteiger partial charge in [-0.3, -0.25) is 14.6 Å². The van der Waals surface area contributed by atoms with Crippen molar-refractivity contribution in [1.82, 2.24) is 9.88 Å². The molecule has 2 heterocycles. The van der Waals surface area contributed by atoms with Crippen molar-refractivity contribution in [1.29, 1.82) is 0 Å². The first-order chi connectivity index (χ1) is 17.2. The Bertz CT molecular complexity index is 1340. The number of rotatable bonds is 7. The molecule has 1 aliphatic rings. The van der Waals surface area contributed by atoms with Gasteiger partial charge in [-0.15, -0.1) is 0 Å². The summed E-state index contributed by atoms with van der Waals surface area (Å²) in [6.45, 7) is 6.61. The fourth-order valence-electron chi connectivity index (χ4n) is 4.16. The van der Waals surface area contributed by atoms with E-state index in [1.165, 1.54) is 4.90 Å². The van der Waals surface area contributed by atoms with Gasteiger partial charge in [0.25, 0.3) is 11.7 Å². The molecule has 0 bridgehead atoms. The van der Waals surface area contributed by atoms with E-state index in [4.69, 9.17) is 27.9 Å². The summed E-state index contributed by atoms with van der Waals surface area (Å²) in [5.41, 5.74) is 2.44. The van der Waals surface area contributed by atoms with Gasteiger partial charge < -0.3 is 14.7 Å². The zero-order valence-corrected chi connectivity index (χ0v) is 21.7. The fraction of sp³-hybridized carbons (Fsp3) is 0.250. The zero-order chi connectivity index (χ0) is 26.0. The molecule has 4 rings (SSSR count). The number of aliphatic hydroxyl groups excluding tert-OH is 1. The monoisotopic (exact) mass is 524 g/mol. The van der Waals surface area contributed by atoms with Crippen LogP contribution in [-0.2, 0) is 16.1 Å². The minimum atomic E-state index is -0.865. The maximum absolute atomic E-state index is 13.3. The minimum absolute atomic E-state index is 0.0128. The van der Waals surface area contributed by atoms with E-state index in [9.17, 15) is 14.7 Å². The third-order valence-electron chi connectivity index (χ3n) is 5.91. The van der Waals surface area contributed by atoms with Crippen LogP contribution in [-0.4, -0.2) is 33.3 Å². The Morgan fingerprint density at radius 3 is 2.53 bits per heavy atom. The lowest BCUT2D eigenvalue weighted by molar-refractivity contribution is -0.140. The number of Topliss-reactive ketones (excluding diaryl/α,β-unsaturated/α-hetero) is 1. The van der Waals surface area contributed by atoms with Gasteiger partial charge in [-0.2, -0.15) is 0 Å². The highest BCUT2D eigenvalue weighted by molar-refractivity contribution is 6.46. The summed E-state index contributed by atoms with van der Waals surface area (Å²) < 4.78 is 5.78. The summed E-state index contributed by atoms with van der Waals surface area (Å²) in [4.78, 5) is 32.0. The number of amides is 1. The van der Waals surface area contributed by atoms with Gasteiger partial charge in [0.05, 0.1) is 28.3 Å². The van der Waals surface area contributed by atoms with E-state index in [0.717, 1.165) is 5.56 Å². The SMILES string of the molecule is Cc1cc(OCC(C)C)ccc1/C(O)=C1\C(=O)C(=O)N(Cc2cccnc2)[C@@H]1c1ccc(Cl)c(Cl)c1. The number of likely N-dealkylation sites (tertiary alicyclic amines) is 1. The summed E-state index contributed by atoms with van der Waals surface area (Å²) >= 11 is 12.4. The van der Waals surface area contributed by atoms with Crippen LogP contribution in [0.4, 0.5) is 0 Å². The average Bonchev–Trinajstić information content (AvgIpc) is 3.09. The fourth-order valence-corrected chi connectivity index (χ4v) is 4.47. The number of hydrogen-bond donors (Lipinski definition) is 1. The summed E-state index contributed by atoms with van der Waals surface area (Å²) in [6, 6.07) is 12.9. The standard InChI is InChI=1S/C28H26Cl2N2O4/c1-16(2)15-36-20-7-8-21(17(3)11-20)26(33)24-25(19-6-9-22(29)23(30)12-19)32(28(35)27(24)34)14-18-5-4-10-31-13-18/h4-13,16,25,33H,14-15H2,1-3H3/b26-24+/t25-/m1/s1. The predicted molar refractivity (Wildman–Crippen MR) is 140 cm³/mol. The first-order valence-electron chi connectivity index (χ1n) is 11.5. The molecular formula is C28H26Cl2N2O4. The van der Waals surface area contributed by atoms with Crippen LogP contribution in [0.15, 0.2) is 66.5 Å². The van der Waals surface area contributed by atoms with Gasteiger partial charge in [0.2, 0.25) is 0 Å². The summed E-state index contributed by atoms with van der Waals surface area (Å²) in [7, 11) is 0. The first kappa shape index (κ1) is 25.7. The highest BCUT2D eigenvalue weighted by Crippen LogP contribution is 2.42. The molecule has 1 fully saturated rings. The van der Waals surface area contributed by atoms with Crippen LogP contribution in [0.1, 0.15) is 42.1 Å². The molecule has 1 aliphatic heterocycles. The maximum Gasteiger partial charge on any atom is 0.295 e. The van der Waals surface area contributed by atoms with Crippen LogP contribution in [0, 0.1) is 12.8 Å². The third kappa shape index (κ3) is 5.25. The summed E-state index contributed by atoms with van der Waals surface area (Å²) in [5, 5.41) is 12.0. The van der Waals surface area contributed by atoms with Crippen molar-refractivity contribution in [3.63, 3.8) is 0 Å². The summed E-state index contributed by atoms with van der Waals surface area (Å²) in [5.74, 6) is -0.722. The number of pyridine rings is 1. The first-order valence-corrected chi connectivity index (χ1v) is 12.3. The Hall–Kier alpha value is -3.35. The van der Waals surface area contributed by atoms with E-state index < -0.39 is 17.7 Å². The minimum Gasteiger partial charge on any atom is -0.507 e. The highest BCUT2D eigenvalue weighted by atomic mass is 35.5. The molecule has 1 amide bonds. The van der Waals surface area contributed by atoms with Crippen LogP contribution in [0.25, 0.3) is 5.76 Å². The van der Waals surface area contributed by atoms with Crippen LogP contribution < -0.4 is 4.74 Å². The van der Waals surface area contributed by atoms with E-state index in [-0.39, 0.29) is 22.9 Å². The number of halogens is 2. The molecule has 1 saturated heterocycles. The Balaban J connectivity index is 1.82. The van der Waals surface area contributed by atoms with Crippen molar-refractivity contribution in [2.45, 2.75) is 33.4 Å². The van der Waals surface area contributed by atoms with Gasteiger partial charge in [0, 0.05) is 24.5 Å². The van der Waals surface area contributed by atoms with Crippen molar-refractivity contribution in [2.24, 2.45) is 5.92 Å². The quantitative estimate of drug-likeness (QED) is 0.221. The van der Waals surface area contributed by atoms with Crippen molar-refractivity contribution in [3.05, 3.63) is 98.8 Å². The number of hydrogen-bond acceptors (Lipinski definition) is 5. The Morgan fingerprint density at radius 2 is 1.89 bits per heavy atom. The molecule has 2 aromatic carbocycles. The van der Waals surface area contributed by atoms with E-state index in [1.807, 2.05) is 13.0 Å². The molecule has 3 aromatic rings. The van der Waals surface area contributed by atoms with Gasteiger partial charge in [-0.05, 0) is 65.9 Å². The normalized spacial score (nSPS) is 17.2. The van der Waals surface area contributed by atoms with Crippen molar-refractivity contribution in [3.8, 4) is 5.75 Å². The van der Waals surface area contributed by atoms with Crippen molar-refractivity contribution in [2.75, 3.05) is 6.61 Å². The van der Waals surface area contributed by atoms with Crippen LogP contribution >= 0.6 is 23.2 Å². The van der Waals surface area contributed by atoms with Gasteiger partial charge in [0.1, 0.15) is 11.5 Å². The number of aryl methyl sites for hydroxylation is 1. The second-order valence-corrected chi connectivity index (χ2v) is 9.96. The molecule has 1 aromatic heterocycles. The lowest BCUT2D eigenvalue weighted by atomic mass is 9.93. The number of carbonyl (C=O) groups excluding carboxylic acids is 2. The molecule has 186 valence electrons. The van der Waals surface area contributed by atoms with Crippen LogP contribution in [0.2, 0.25) is 10.0 Å². The molecule has 0 spiro atoms. The number of carbonyl (C=O) groups is 2. The largest absolute Gasteiger partial charge is 0.507 e. The number of aromatic nitrogens is 1. The molecule has 1 atom stereocenters.